The van der Waals surface area contributed by atoms with E-state index in [1.165, 1.54) is 17.0 Å². The van der Waals surface area contributed by atoms with Crippen LogP contribution in [0.15, 0.2) is 42.5 Å². The number of ether oxygens (including phenoxy) is 1. The predicted molar refractivity (Wildman–Crippen MR) is 114 cm³/mol. The molecule has 1 aliphatic heterocycles. The summed E-state index contributed by atoms with van der Waals surface area (Å²) in [7, 11) is 1.62. The van der Waals surface area contributed by atoms with Gasteiger partial charge in [-0.05, 0) is 42.7 Å². The molecule has 9 heteroatoms. The summed E-state index contributed by atoms with van der Waals surface area (Å²) in [6.07, 6.45) is -3.19. The zero-order valence-corrected chi connectivity index (χ0v) is 17.8. The summed E-state index contributed by atoms with van der Waals surface area (Å²) >= 11 is 0. The Labute approximate surface area is 187 Å². The Morgan fingerprint density at radius 1 is 1.12 bits per heavy atom. The monoisotopic (exact) mass is 455 g/mol. The lowest BCUT2D eigenvalue weighted by Gasteiger charge is -2.19. The standard InChI is InChI=1S/C24H20F3N3O3/c1-29(16-9-8-14-10-11-33-20(14)13-16)23(32)15-4-2-5-17(12-15)30-21-18(6-3-7-19(21)31)22(28-30)24(25,26)27/h2,4-5,8-9,12-13H,3,6-7,10-11H2,1H3. The smallest absolute Gasteiger partial charge is 0.435 e. The second-order valence-electron chi connectivity index (χ2n) is 8.17. The van der Waals surface area contributed by atoms with Gasteiger partial charge in [-0.3, -0.25) is 9.59 Å². The summed E-state index contributed by atoms with van der Waals surface area (Å²) < 4.78 is 47.3. The number of hydrogen-bond acceptors (Lipinski definition) is 4. The number of aromatic nitrogens is 2. The number of rotatable bonds is 3. The number of anilines is 1. The van der Waals surface area contributed by atoms with Crippen molar-refractivity contribution in [1.29, 1.82) is 0 Å². The fourth-order valence-electron chi connectivity index (χ4n) is 4.38. The Morgan fingerprint density at radius 3 is 2.73 bits per heavy atom. The van der Waals surface area contributed by atoms with E-state index in [1.807, 2.05) is 12.1 Å². The molecule has 5 rings (SSSR count). The number of alkyl halides is 3. The maximum Gasteiger partial charge on any atom is 0.435 e. The van der Waals surface area contributed by atoms with Crippen molar-refractivity contribution < 1.29 is 27.5 Å². The lowest BCUT2D eigenvalue weighted by Crippen LogP contribution is -2.26. The number of carbonyl (C=O) groups is 2. The molecular weight excluding hydrogens is 435 g/mol. The normalized spacial score (nSPS) is 15.1. The fraction of sp³-hybridized carbons (Fsp3) is 0.292. The van der Waals surface area contributed by atoms with E-state index in [0.29, 0.717) is 18.7 Å². The Kier molecular flexibility index (Phi) is 4.99. The van der Waals surface area contributed by atoms with Gasteiger partial charge in [-0.2, -0.15) is 18.3 Å². The van der Waals surface area contributed by atoms with E-state index >= 15 is 0 Å². The highest BCUT2D eigenvalue weighted by atomic mass is 19.4. The fourth-order valence-corrected chi connectivity index (χ4v) is 4.38. The molecule has 3 aromatic rings. The van der Waals surface area contributed by atoms with Crippen LogP contribution in [0.4, 0.5) is 18.9 Å². The van der Waals surface area contributed by atoms with Crippen LogP contribution in [0.3, 0.4) is 0 Å². The predicted octanol–water partition coefficient (Wildman–Crippen LogP) is 4.62. The largest absolute Gasteiger partial charge is 0.493 e. The van der Waals surface area contributed by atoms with E-state index in [1.54, 1.807) is 25.2 Å². The summed E-state index contributed by atoms with van der Waals surface area (Å²) in [4.78, 5) is 27.1. The van der Waals surface area contributed by atoms with Crippen LogP contribution in [0.5, 0.6) is 5.75 Å². The second-order valence-corrected chi connectivity index (χ2v) is 8.17. The number of carbonyl (C=O) groups excluding carboxylic acids is 2. The van der Waals surface area contributed by atoms with Gasteiger partial charge in [-0.1, -0.05) is 12.1 Å². The summed E-state index contributed by atoms with van der Waals surface area (Å²) in [6.45, 7) is 0.602. The lowest BCUT2D eigenvalue weighted by atomic mass is 9.94. The zero-order valence-electron chi connectivity index (χ0n) is 17.8. The summed E-state index contributed by atoms with van der Waals surface area (Å²) in [5.41, 5.74) is 1.03. The third-order valence-electron chi connectivity index (χ3n) is 6.06. The molecule has 1 aliphatic carbocycles. The van der Waals surface area contributed by atoms with Crippen LogP contribution in [-0.4, -0.2) is 35.1 Å². The lowest BCUT2D eigenvalue weighted by molar-refractivity contribution is -0.142. The number of benzene rings is 2. The minimum Gasteiger partial charge on any atom is -0.493 e. The van der Waals surface area contributed by atoms with Crippen molar-refractivity contribution in [3.63, 3.8) is 0 Å². The molecule has 2 aromatic carbocycles. The molecule has 6 nitrogen and oxygen atoms in total. The van der Waals surface area contributed by atoms with Crippen molar-refractivity contribution in [3.05, 3.63) is 70.5 Å². The molecule has 33 heavy (non-hydrogen) atoms. The molecule has 0 saturated carbocycles. The molecule has 2 aliphatic rings. The van der Waals surface area contributed by atoms with Crippen LogP contribution in [0.2, 0.25) is 0 Å². The number of hydrogen-bond donors (Lipinski definition) is 0. The highest BCUT2D eigenvalue weighted by Crippen LogP contribution is 2.37. The van der Waals surface area contributed by atoms with E-state index in [0.717, 1.165) is 22.4 Å². The van der Waals surface area contributed by atoms with Gasteiger partial charge in [-0.15, -0.1) is 0 Å². The second kappa shape index (κ2) is 7.75. The zero-order chi connectivity index (χ0) is 23.3. The molecule has 170 valence electrons. The van der Waals surface area contributed by atoms with Gasteiger partial charge in [0.05, 0.1) is 12.3 Å². The van der Waals surface area contributed by atoms with E-state index in [4.69, 9.17) is 4.74 Å². The quantitative estimate of drug-likeness (QED) is 0.578. The summed E-state index contributed by atoms with van der Waals surface area (Å²) in [6, 6.07) is 11.7. The summed E-state index contributed by atoms with van der Waals surface area (Å²) in [5.74, 6) is 0.00620. The third kappa shape index (κ3) is 3.67. The average Bonchev–Trinajstić information content (AvgIpc) is 3.43. The highest BCUT2D eigenvalue weighted by molar-refractivity contribution is 6.06. The highest BCUT2D eigenvalue weighted by Gasteiger charge is 2.41. The van der Waals surface area contributed by atoms with Gasteiger partial charge in [0.25, 0.3) is 5.91 Å². The van der Waals surface area contributed by atoms with Crippen LogP contribution in [-0.2, 0) is 19.0 Å². The molecule has 0 atom stereocenters. The van der Waals surface area contributed by atoms with Crippen LogP contribution >= 0.6 is 0 Å². The average molecular weight is 455 g/mol. The molecule has 0 saturated heterocycles. The number of amides is 1. The molecule has 0 spiro atoms. The first-order chi connectivity index (χ1) is 15.7. The minimum atomic E-state index is -4.67. The van der Waals surface area contributed by atoms with Gasteiger partial charge in [0.15, 0.2) is 11.5 Å². The van der Waals surface area contributed by atoms with Crippen molar-refractivity contribution in [1.82, 2.24) is 9.78 Å². The van der Waals surface area contributed by atoms with Gasteiger partial charge < -0.3 is 9.64 Å². The van der Waals surface area contributed by atoms with Crippen LogP contribution in [0.25, 0.3) is 5.69 Å². The van der Waals surface area contributed by atoms with Crippen molar-refractivity contribution in [2.24, 2.45) is 0 Å². The topological polar surface area (TPSA) is 64.4 Å². The van der Waals surface area contributed by atoms with Crippen LogP contribution < -0.4 is 9.64 Å². The number of halogens is 3. The number of nitrogens with zero attached hydrogens (tertiary/aromatic N) is 3. The van der Waals surface area contributed by atoms with Crippen molar-refractivity contribution in [2.75, 3.05) is 18.6 Å². The molecule has 1 amide bonds. The maximum atomic E-state index is 13.6. The Morgan fingerprint density at radius 2 is 1.94 bits per heavy atom. The van der Waals surface area contributed by atoms with Crippen molar-refractivity contribution >= 4 is 17.4 Å². The van der Waals surface area contributed by atoms with Gasteiger partial charge >= 0.3 is 6.18 Å². The molecule has 0 radical (unpaired) electrons. The van der Waals surface area contributed by atoms with Gasteiger partial charge in [0.1, 0.15) is 11.4 Å². The van der Waals surface area contributed by atoms with Crippen LogP contribution in [0.1, 0.15) is 50.5 Å². The Balaban J connectivity index is 1.52. The van der Waals surface area contributed by atoms with Crippen molar-refractivity contribution in [3.8, 4) is 11.4 Å². The van der Waals surface area contributed by atoms with Gasteiger partial charge in [-0.25, -0.2) is 4.68 Å². The molecule has 0 bridgehead atoms. The van der Waals surface area contributed by atoms with E-state index < -0.39 is 11.9 Å². The number of fused-ring (bicyclic) bond motifs is 2. The van der Waals surface area contributed by atoms with E-state index in [9.17, 15) is 22.8 Å². The summed E-state index contributed by atoms with van der Waals surface area (Å²) in [5, 5.41) is 3.76. The molecule has 2 heterocycles. The first-order valence-electron chi connectivity index (χ1n) is 10.6. The van der Waals surface area contributed by atoms with E-state index in [2.05, 4.69) is 5.10 Å². The Hall–Kier alpha value is -3.62. The maximum absolute atomic E-state index is 13.6. The molecule has 0 N–H and O–H groups in total. The van der Waals surface area contributed by atoms with Gasteiger partial charge in [0, 0.05) is 42.8 Å². The molecule has 0 fully saturated rings. The third-order valence-corrected chi connectivity index (χ3v) is 6.06. The minimum absolute atomic E-state index is 0.0534. The number of ketones is 1. The Bertz CT molecular complexity index is 1280. The molecule has 1 aromatic heterocycles. The molecular formula is C24H20F3N3O3. The van der Waals surface area contributed by atoms with Gasteiger partial charge in [0.2, 0.25) is 0 Å². The van der Waals surface area contributed by atoms with Crippen LogP contribution in [0, 0.1) is 0 Å². The van der Waals surface area contributed by atoms with E-state index in [-0.39, 0.29) is 47.0 Å². The SMILES string of the molecule is CN(C(=O)c1cccc(-n2nc(C(F)(F)F)c3c2C(=O)CCC3)c1)c1ccc2c(c1)OCC2. The first kappa shape index (κ1) is 21.2. The first-order valence-corrected chi connectivity index (χ1v) is 10.6. The molecule has 0 unspecified atom stereocenters. The number of Topliss-reactive ketones (excluding diaryl/α,β-unsaturated/α-hetero) is 1. The van der Waals surface area contributed by atoms with Crippen molar-refractivity contribution in [2.45, 2.75) is 31.9 Å².